The van der Waals surface area contributed by atoms with E-state index in [0.717, 1.165) is 11.1 Å². The molecule has 2 saturated carbocycles. The summed E-state index contributed by atoms with van der Waals surface area (Å²) in [4.78, 5) is 50.0. The molecule has 2 aromatic carbocycles. The van der Waals surface area contributed by atoms with Crippen molar-refractivity contribution in [1.29, 1.82) is 0 Å². The largest absolute Gasteiger partial charge is 0.497 e. The fraction of sp³-hybridized carbons (Fsp3) is 0.472. The van der Waals surface area contributed by atoms with Gasteiger partial charge >= 0.3 is 11.9 Å². The Morgan fingerprint density at radius 2 is 1.72 bits per heavy atom. The maximum Gasteiger partial charge on any atom is 0.332 e. The Balaban J connectivity index is 1.49. The fourth-order valence-corrected chi connectivity index (χ4v) is 6.21. The lowest BCUT2D eigenvalue weighted by molar-refractivity contribution is -0.163. The minimum atomic E-state index is -1.20. The highest BCUT2D eigenvalue weighted by Gasteiger charge is 2.62. The van der Waals surface area contributed by atoms with Gasteiger partial charge in [-0.05, 0) is 90.3 Å². The Hall–Kier alpha value is -4.67. The van der Waals surface area contributed by atoms with Crippen molar-refractivity contribution in [2.75, 3.05) is 20.8 Å². The first kappa shape index (κ1) is 33.7. The molecule has 1 heterocycles. The summed E-state index contributed by atoms with van der Waals surface area (Å²) in [5, 5.41) is 3.58. The van der Waals surface area contributed by atoms with Gasteiger partial charge < -0.3 is 29.0 Å². The molecule has 11 nitrogen and oxygen atoms in total. The quantitative estimate of drug-likeness (QED) is 0.214. The number of benzene rings is 2. The Morgan fingerprint density at radius 1 is 1.02 bits per heavy atom. The van der Waals surface area contributed by atoms with E-state index in [0.29, 0.717) is 40.5 Å². The second-order valence-corrected chi connectivity index (χ2v) is 13.1. The number of amides is 1. The molecule has 1 amide bonds. The summed E-state index contributed by atoms with van der Waals surface area (Å²) in [6.07, 6.45) is 1.87. The molecule has 1 N–H and O–H groups in total. The number of esters is 2. The maximum atomic E-state index is 13.9. The summed E-state index contributed by atoms with van der Waals surface area (Å²) in [5.41, 5.74) is 0.254. The first-order valence-electron chi connectivity index (χ1n) is 15.8. The average molecular weight is 646 g/mol. The van der Waals surface area contributed by atoms with Gasteiger partial charge in [-0.2, -0.15) is 4.98 Å². The zero-order valence-electron chi connectivity index (χ0n) is 28.0. The smallest absolute Gasteiger partial charge is 0.332 e. The summed E-state index contributed by atoms with van der Waals surface area (Å²) in [5.74, 6) is -1.22. The summed E-state index contributed by atoms with van der Waals surface area (Å²) in [6.45, 7) is 13.0. The molecule has 11 heteroatoms. The molecule has 3 aromatic rings. The highest BCUT2D eigenvalue weighted by molar-refractivity contribution is 5.94. The van der Waals surface area contributed by atoms with Crippen LogP contribution in [0.4, 0.5) is 0 Å². The lowest BCUT2D eigenvalue weighted by Gasteiger charge is -2.25. The molecule has 0 radical (unpaired) electrons. The molecule has 250 valence electrons. The highest BCUT2D eigenvalue weighted by atomic mass is 16.6. The third kappa shape index (κ3) is 6.89. The van der Waals surface area contributed by atoms with Gasteiger partial charge in [0.2, 0.25) is 11.8 Å². The number of nitrogens with one attached hydrogen (secondary N) is 1. The highest BCUT2D eigenvalue weighted by Crippen LogP contribution is 2.47. The average Bonchev–Trinajstić information content (AvgIpc) is 3.59. The predicted octanol–water partition coefficient (Wildman–Crippen LogP) is 5.36. The molecule has 47 heavy (non-hydrogen) atoms. The molecule has 1 aromatic heterocycles. The third-order valence-corrected chi connectivity index (χ3v) is 8.73. The van der Waals surface area contributed by atoms with Crippen LogP contribution in [0.25, 0.3) is 22.3 Å². The minimum absolute atomic E-state index is 0.178. The lowest BCUT2D eigenvalue weighted by Crippen LogP contribution is -2.49. The van der Waals surface area contributed by atoms with Gasteiger partial charge in [0, 0.05) is 17.0 Å². The van der Waals surface area contributed by atoms with Crippen molar-refractivity contribution in [2.45, 2.75) is 71.1 Å². The van der Waals surface area contributed by atoms with E-state index < -0.39 is 46.9 Å². The van der Waals surface area contributed by atoms with E-state index in [1.165, 1.54) is 0 Å². The molecule has 5 atom stereocenters. The van der Waals surface area contributed by atoms with E-state index in [4.69, 9.17) is 33.7 Å². The van der Waals surface area contributed by atoms with Crippen molar-refractivity contribution >= 4 is 28.7 Å². The van der Waals surface area contributed by atoms with Crippen LogP contribution in [0.15, 0.2) is 49.1 Å². The van der Waals surface area contributed by atoms with Crippen LogP contribution >= 0.6 is 0 Å². The minimum Gasteiger partial charge on any atom is -0.497 e. The van der Waals surface area contributed by atoms with Gasteiger partial charge in [0.15, 0.2) is 5.82 Å². The zero-order chi connectivity index (χ0) is 34.1. The van der Waals surface area contributed by atoms with Crippen molar-refractivity contribution < 1.29 is 38.1 Å². The van der Waals surface area contributed by atoms with Crippen LogP contribution in [0.1, 0.15) is 52.5 Å². The fourth-order valence-electron chi connectivity index (χ4n) is 6.21. The van der Waals surface area contributed by atoms with E-state index in [2.05, 4.69) is 11.9 Å². The molecule has 2 aliphatic carbocycles. The molecule has 0 aliphatic heterocycles. The Labute approximate surface area is 275 Å². The second-order valence-electron chi connectivity index (χ2n) is 13.1. The van der Waals surface area contributed by atoms with E-state index in [1.54, 1.807) is 48.0 Å². The molecule has 2 fully saturated rings. The molecule has 5 unspecified atom stereocenters. The van der Waals surface area contributed by atoms with Crippen LogP contribution in [0.5, 0.6) is 17.4 Å². The summed E-state index contributed by atoms with van der Waals surface area (Å²) in [6, 6.07) is 11.0. The number of ether oxygens (including phenoxy) is 5. The van der Waals surface area contributed by atoms with Gasteiger partial charge in [0.05, 0.1) is 43.6 Å². The number of carbonyl (C=O) groups excluding carboxylic acids is 3. The van der Waals surface area contributed by atoms with E-state index >= 15 is 0 Å². The monoisotopic (exact) mass is 645 g/mol. The number of hydrogen-bond acceptors (Lipinski definition) is 10. The summed E-state index contributed by atoms with van der Waals surface area (Å²) < 4.78 is 28.5. The van der Waals surface area contributed by atoms with Gasteiger partial charge in [-0.15, -0.1) is 6.58 Å². The molecular weight excluding hydrogens is 602 g/mol. The van der Waals surface area contributed by atoms with Crippen molar-refractivity contribution in [3.05, 3.63) is 54.6 Å². The number of fused-ring (bicyclic) bond motifs is 1. The van der Waals surface area contributed by atoms with Crippen LogP contribution in [0.2, 0.25) is 0 Å². The standard InChI is InChI=1S/C36H43N3O8/c1-9-22-19-36(22,34(42)45-10-2)39-31(40)26-17-24(18-27(26)33(41)47-35(4,5)6)46-32-25-15-16-28(44-8)20(3)29(25)37-30(38-32)21-11-13-23(43-7)14-12-21/h9,11-16,22,24,26-27H,1,10,17-19H2,2-8H3,(H,39,40). The SMILES string of the molecule is C=CC1CC1(NC(=O)C1CC(Oc2nc(-c3ccc(OC)cc3)nc3c(C)c(OC)ccc23)CC1C(=O)OC(C)(C)C)C(=O)OCC. The number of aryl methyl sites for hydroxylation is 1. The summed E-state index contributed by atoms with van der Waals surface area (Å²) in [7, 11) is 3.20. The van der Waals surface area contributed by atoms with Gasteiger partial charge in [0.25, 0.3) is 0 Å². The van der Waals surface area contributed by atoms with E-state index in [1.807, 2.05) is 43.3 Å². The number of hydrogen-bond donors (Lipinski definition) is 1. The van der Waals surface area contributed by atoms with Crippen LogP contribution in [0.3, 0.4) is 0 Å². The van der Waals surface area contributed by atoms with Crippen LogP contribution in [-0.4, -0.2) is 65.9 Å². The number of methoxy groups -OCH3 is 2. The third-order valence-electron chi connectivity index (χ3n) is 8.73. The second kappa shape index (κ2) is 13.2. The van der Waals surface area contributed by atoms with Crippen LogP contribution in [0, 0.1) is 24.7 Å². The van der Waals surface area contributed by atoms with E-state index in [-0.39, 0.29) is 25.4 Å². The van der Waals surface area contributed by atoms with Gasteiger partial charge in [-0.3, -0.25) is 9.59 Å². The van der Waals surface area contributed by atoms with Gasteiger partial charge in [-0.25, -0.2) is 9.78 Å². The molecule has 2 aliphatic rings. The number of aromatic nitrogens is 2. The van der Waals surface area contributed by atoms with Crippen molar-refractivity contribution in [3.63, 3.8) is 0 Å². The van der Waals surface area contributed by atoms with Gasteiger partial charge in [-0.1, -0.05) is 6.08 Å². The summed E-state index contributed by atoms with van der Waals surface area (Å²) >= 11 is 0. The molecule has 5 rings (SSSR count). The Bertz CT molecular complexity index is 1680. The van der Waals surface area contributed by atoms with Crippen molar-refractivity contribution in [2.24, 2.45) is 17.8 Å². The number of rotatable bonds is 11. The molecular formula is C36H43N3O8. The Morgan fingerprint density at radius 3 is 2.32 bits per heavy atom. The first-order valence-corrected chi connectivity index (χ1v) is 15.8. The van der Waals surface area contributed by atoms with Crippen molar-refractivity contribution in [1.82, 2.24) is 15.3 Å². The Kier molecular flexibility index (Phi) is 9.47. The molecule has 0 saturated heterocycles. The zero-order valence-corrected chi connectivity index (χ0v) is 28.0. The molecule has 0 spiro atoms. The maximum absolute atomic E-state index is 13.9. The van der Waals surface area contributed by atoms with E-state index in [9.17, 15) is 14.4 Å². The van der Waals surface area contributed by atoms with Crippen molar-refractivity contribution in [3.8, 4) is 28.8 Å². The normalized spacial score (nSPS) is 23.5. The van der Waals surface area contributed by atoms with Crippen LogP contribution in [-0.2, 0) is 23.9 Å². The lowest BCUT2D eigenvalue weighted by atomic mass is 9.94. The number of nitrogens with zero attached hydrogens (tertiary/aromatic N) is 2. The van der Waals surface area contributed by atoms with Gasteiger partial charge in [0.1, 0.15) is 28.7 Å². The molecule has 0 bridgehead atoms. The predicted molar refractivity (Wildman–Crippen MR) is 175 cm³/mol. The number of carbonyl (C=O) groups is 3. The van der Waals surface area contributed by atoms with Crippen LogP contribution < -0.4 is 19.5 Å². The first-order chi connectivity index (χ1) is 22.3. The topological polar surface area (TPSA) is 135 Å².